The van der Waals surface area contributed by atoms with E-state index in [2.05, 4.69) is 38.0 Å². The zero-order valence-corrected chi connectivity index (χ0v) is 11.1. The van der Waals surface area contributed by atoms with E-state index in [0.29, 0.717) is 18.4 Å². The summed E-state index contributed by atoms with van der Waals surface area (Å²) < 4.78 is 0. The van der Waals surface area contributed by atoms with Crippen molar-refractivity contribution in [3.05, 3.63) is 23.4 Å². The van der Waals surface area contributed by atoms with Crippen LogP contribution >= 0.6 is 0 Å². The number of pyridine rings is 1. The van der Waals surface area contributed by atoms with Gasteiger partial charge in [0.05, 0.1) is 12.3 Å². The van der Waals surface area contributed by atoms with Crippen molar-refractivity contribution < 1.29 is 5.11 Å². The minimum Gasteiger partial charge on any atom is -0.392 e. The summed E-state index contributed by atoms with van der Waals surface area (Å²) in [7, 11) is 0. The van der Waals surface area contributed by atoms with Crippen molar-refractivity contribution in [2.75, 3.05) is 5.73 Å². The monoisotopic (exact) mass is 237 g/mol. The molecule has 4 nitrogen and oxygen atoms in total. The lowest BCUT2D eigenvalue weighted by atomic mass is 9.88. The van der Waals surface area contributed by atoms with Crippen LogP contribution in [0.25, 0.3) is 0 Å². The van der Waals surface area contributed by atoms with Crippen LogP contribution in [0, 0.1) is 5.41 Å². The quantitative estimate of drug-likeness (QED) is 0.745. The molecule has 1 rings (SSSR count). The summed E-state index contributed by atoms with van der Waals surface area (Å²) in [5.41, 5.74) is 7.50. The summed E-state index contributed by atoms with van der Waals surface area (Å²) in [5, 5.41) is 12.6. The van der Waals surface area contributed by atoms with Crippen LogP contribution in [-0.2, 0) is 13.2 Å². The van der Waals surface area contributed by atoms with Gasteiger partial charge in [-0.3, -0.25) is 0 Å². The summed E-state index contributed by atoms with van der Waals surface area (Å²) in [6.07, 6.45) is 0. The van der Waals surface area contributed by atoms with Gasteiger partial charge in [0.25, 0.3) is 0 Å². The Hall–Kier alpha value is -1.13. The molecule has 1 aromatic heterocycles. The van der Waals surface area contributed by atoms with E-state index >= 15 is 0 Å². The fourth-order valence-electron chi connectivity index (χ4n) is 1.40. The number of hydrogen-bond donors (Lipinski definition) is 3. The molecule has 0 bridgehead atoms. The highest BCUT2D eigenvalue weighted by Crippen LogP contribution is 2.19. The summed E-state index contributed by atoms with van der Waals surface area (Å²) in [5.74, 6) is 0.488. The van der Waals surface area contributed by atoms with Crippen molar-refractivity contribution >= 4 is 5.82 Å². The molecular weight excluding hydrogens is 214 g/mol. The third-order valence-electron chi connectivity index (χ3n) is 3.14. The van der Waals surface area contributed by atoms with Crippen molar-refractivity contribution in [2.45, 2.75) is 46.9 Å². The second-order valence-corrected chi connectivity index (χ2v) is 5.47. The number of nitrogens with zero attached hydrogens (tertiary/aromatic N) is 1. The molecule has 96 valence electrons. The van der Waals surface area contributed by atoms with Gasteiger partial charge in [-0.2, -0.15) is 0 Å². The SMILES string of the molecule is C[C@H](NCc1nc(N)ccc1CO)C(C)(C)C. The molecule has 0 fully saturated rings. The number of nitrogens with one attached hydrogen (secondary N) is 1. The molecule has 1 heterocycles. The van der Waals surface area contributed by atoms with Crippen LogP contribution in [0.5, 0.6) is 0 Å². The van der Waals surface area contributed by atoms with Gasteiger partial charge >= 0.3 is 0 Å². The first-order valence-corrected chi connectivity index (χ1v) is 5.93. The van der Waals surface area contributed by atoms with Gasteiger partial charge in [-0.15, -0.1) is 0 Å². The van der Waals surface area contributed by atoms with E-state index in [0.717, 1.165) is 11.3 Å². The van der Waals surface area contributed by atoms with Crippen molar-refractivity contribution in [3.63, 3.8) is 0 Å². The van der Waals surface area contributed by atoms with Gasteiger partial charge in [0, 0.05) is 18.2 Å². The Morgan fingerprint density at radius 3 is 2.59 bits per heavy atom. The first-order valence-electron chi connectivity index (χ1n) is 5.93. The average molecular weight is 237 g/mol. The number of aliphatic hydroxyl groups is 1. The zero-order chi connectivity index (χ0) is 13.1. The first kappa shape index (κ1) is 13.9. The second-order valence-electron chi connectivity index (χ2n) is 5.47. The van der Waals surface area contributed by atoms with Crippen LogP contribution in [0.15, 0.2) is 12.1 Å². The van der Waals surface area contributed by atoms with Crippen molar-refractivity contribution in [2.24, 2.45) is 5.41 Å². The molecule has 0 saturated carbocycles. The molecule has 1 aromatic rings. The maximum atomic E-state index is 9.23. The Kier molecular flexibility index (Phi) is 4.48. The lowest BCUT2D eigenvalue weighted by molar-refractivity contribution is 0.272. The highest BCUT2D eigenvalue weighted by atomic mass is 16.3. The van der Waals surface area contributed by atoms with Crippen molar-refractivity contribution in [3.8, 4) is 0 Å². The van der Waals surface area contributed by atoms with Gasteiger partial charge in [-0.05, 0) is 18.4 Å². The number of aliphatic hydroxyl groups excluding tert-OH is 1. The standard InChI is InChI=1S/C13H23N3O/c1-9(13(2,3)4)15-7-11-10(8-17)5-6-12(14)16-11/h5-6,9,15,17H,7-8H2,1-4H3,(H2,14,16)/t9-/m0/s1. The van der Waals surface area contributed by atoms with E-state index in [-0.39, 0.29) is 12.0 Å². The minimum atomic E-state index is -0.00576. The number of hydrogen-bond acceptors (Lipinski definition) is 4. The number of nitrogens with two attached hydrogens (primary N) is 1. The molecule has 4 N–H and O–H groups in total. The van der Waals surface area contributed by atoms with Crippen LogP contribution < -0.4 is 11.1 Å². The van der Waals surface area contributed by atoms with Gasteiger partial charge in [-0.25, -0.2) is 4.98 Å². The topological polar surface area (TPSA) is 71.2 Å². The Labute approximate surface area is 103 Å². The van der Waals surface area contributed by atoms with Gasteiger partial charge < -0.3 is 16.2 Å². The average Bonchev–Trinajstić information content (AvgIpc) is 2.24. The molecular formula is C13H23N3O. The maximum absolute atomic E-state index is 9.23. The van der Waals surface area contributed by atoms with E-state index < -0.39 is 0 Å². The normalized spacial score (nSPS) is 13.7. The van der Waals surface area contributed by atoms with Crippen LogP contribution in [0.4, 0.5) is 5.82 Å². The van der Waals surface area contributed by atoms with Gasteiger partial charge in [0.15, 0.2) is 0 Å². The molecule has 0 spiro atoms. The van der Waals surface area contributed by atoms with Gasteiger partial charge in [0.1, 0.15) is 5.82 Å². The van der Waals surface area contributed by atoms with Crippen LogP contribution in [-0.4, -0.2) is 16.1 Å². The lowest BCUT2D eigenvalue weighted by Gasteiger charge is -2.28. The maximum Gasteiger partial charge on any atom is 0.123 e. The molecule has 1 atom stereocenters. The molecule has 17 heavy (non-hydrogen) atoms. The molecule has 0 amide bonds. The predicted molar refractivity (Wildman–Crippen MR) is 70.3 cm³/mol. The van der Waals surface area contributed by atoms with E-state index in [1.54, 1.807) is 6.07 Å². The third kappa shape index (κ3) is 3.98. The lowest BCUT2D eigenvalue weighted by Crippen LogP contribution is -2.37. The highest BCUT2D eigenvalue weighted by Gasteiger charge is 2.19. The number of aromatic nitrogens is 1. The summed E-state index contributed by atoms with van der Waals surface area (Å²) in [6, 6.07) is 3.89. The van der Waals surface area contributed by atoms with E-state index in [1.807, 2.05) is 6.07 Å². The summed E-state index contributed by atoms with van der Waals surface area (Å²) >= 11 is 0. The largest absolute Gasteiger partial charge is 0.392 e. The Morgan fingerprint density at radius 1 is 1.41 bits per heavy atom. The molecule has 0 radical (unpaired) electrons. The number of rotatable bonds is 4. The smallest absolute Gasteiger partial charge is 0.123 e. The van der Waals surface area contributed by atoms with Gasteiger partial charge in [0.2, 0.25) is 0 Å². The van der Waals surface area contributed by atoms with Crippen molar-refractivity contribution in [1.29, 1.82) is 0 Å². The fraction of sp³-hybridized carbons (Fsp3) is 0.615. The predicted octanol–water partition coefficient (Wildman–Crippen LogP) is 1.68. The first-order chi connectivity index (χ1) is 7.84. The summed E-state index contributed by atoms with van der Waals surface area (Å²) in [4.78, 5) is 4.25. The number of nitrogen functional groups attached to an aromatic ring is 1. The zero-order valence-electron chi connectivity index (χ0n) is 11.1. The molecule has 0 aliphatic carbocycles. The molecule has 0 aliphatic heterocycles. The van der Waals surface area contributed by atoms with E-state index in [9.17, 15) is 5.11 Å². The molecule has 4 heteroatoms. The van der Waals surface area contributed by atoms with Crippen LogP contribution in [0.3, 0.4) is 0 Å². The molecule has 0 aliphatic rings. The Balaban J connectivity index is 2.72. The van der Waals surface area contributed by atoms with E-state index in [4.69, 9.17) is 5.73 Å². The minimum absolute atomic E-state index is 0.00576. The van der Waals surface area contributed by atoms with Gasteiger partial charge in [-0.1, -0.05) is 26.8 Å². The van der Waals surface area contributed by atoms with Crippen molar-refractivity contribution in [1.82, 2.24) is 10.3 Å². The highest BCUT2D eigenvalue weighted by molar-refractivity contribution is 5.33. The molecule has 0 unspecified atom stereocenters. The van der Waals surface area contributed by atoms with E-state index in [1.165, 1.54) is 0 Å². The summed E-state index contributed by atoms with van der Waals surface area (Å²) in [6.45, 7) is 9.32. The molecule has 0 aromatic carbocycles. The Morgan fingerprint density at radius 2 is 2.06 bits per heavy atom. The molecule has 0 saturated heterocycles. The number of anilines is 1. The van der Waals surface area contributed by atoms with Crippen LogP contribution in [0.1, 0.15) is 39.0 Å². The fourth-order valence-corrected chi connectivity index (χ4v) is 1.40. The third-order valence-corrected chi connectivity index (χ3v) is 3.14. The van der Waals surface area contributed by atoms with Crippen LogP contribution in [0.2, 0.25) is 0 Å². The second kappa shape index (κ2) is 5.47. The Bertz CT molecular complexity index is 371.